The Labute approximate surface area is 194 Å². The topological polar surface area (TPSA) is 52.3 Å². The number of carbonyl (C=O) groups excluding carboxylic acids is 1. The van der Waals surface area contributed by atoms with Crippen LogP contribution >= 0.6 is 0 Å². The number of halogens is 1. The van der Waals surface area contributed by atoms with E-state index in [0.717, 1.165) is 62.9 Å². The quantitative estimate of drug-likeness (QED) is 0.576. The second-order valence-corrected chi connectivity index (χ2v) is 9.38. The highest BCUT2D eigenvalue weighted by atomic mass is 19.1. The van der Waals surface area contributed by atoms with E-state index in [1.807, 2.05) is 52.1 Å². The molecular weight excluding hydrogens is 415 g/mol. The van der Waals surface area contributed by atoms with Crippen LogP contribution in [0.3, 0.4) is 0 Å². The lowest BCUT2D eigenvalue weighted by Crippen LogP contribution is -2.37. The van der Waals surface area contributed by atoms with Gasteiger partial charge in [-0.1, -0.05) is 24.3 Å². The molecule has 1 amide bonds. The van der Waals surface area contributed by atoms with E-state index >= 15 is 0 Å². The van der Waals surface area contributed by atoms with Crippen molar-refractivity contribution in [3.63, 3.8) is 0 Å². The van der Waals surface area contributed by atoms with Gasteiger partial charge in [-0.25, -0.2) is 4.39 Å². The van der Waals surface area contributed by atoms with Crippen LogP contribution in [0.2, 0.25) is 0 Å². The van der Waals surface area contributed by atoms with E-state index < -0.39 is 0 Å². The van der Waals surface area contributed by atoms with E-state index in [9.17, 15) is 9.18 Å². The number of carbonyl (C=O) groups is 1. The van der Waals surface area contributed by atoms with Gasteiger partial charge in [0, 0.05) is 31.2 Å². The molecule has 5 rings (SSSR count). The Morgan fingerprint density at radius 3 is 2.58 bits per heavy atom. The van der Waals surface area contributed by atoms with Crippen molar-refractivity contribution in [3.05, 3.63) is 71.7 Å². The molecular formula is C27H29FN4O. The van der Waals surface area contributed by atoms with E-state index in [4.69, 9.17) is 5.26 Å². The predicted octanol–water partition coefficient (Wildman–Crippen LogP) is 4.65. The molecule has 0 unspecified atom stereocenters. The van der Waals surface area contributed by atoms with Crippen LogP contribution in [0.5, 0.6) is 0 Å². The normalized spacial score (nSPS) is 19.8. The first-order chi connectivity index (χ1) is 16.1. The predicted molar refractivity (Wildman–Crippen MR) is 126 cm³/mol. The summed E-state index contributed by atoms with van der Waals surface area (Å²) < 4.78 is 15.1. The summed E-state index contributed by atoms with van der Waals surface area (Å²) in [6, 6.07) is 16.9. The number of fused-ring (bicyclic) bond motifs is 1. The summed E-state index contributed by atoms with van der Waals surface area (Å²) >= 11 is 0. The van der Waals surface area contributed by atoms with Crippen molar-refractivity contribution < 1.29 is 9.18 Å². The van der Waals surface area contributed by atoms with E-state index in [2.05, 4.69) is 11.0 Å². The Morgan fingerprint density at radius 1 is 1.03 bits per heavy atom. The van der Waals surface area contributed by atoms with Gasteiger partial charge in [-0.2, -0.15) is 5.26 Å². The molecule has 0 spiro atoms. The number of nitriles is 1. The highest BCUT2D eigenvalue weighted by molar-refractivity contribution is 6.06. The smallest absolute Gasteiger partial charge is 0.256 e. The molecule has 3 heterocycles. The Morgan fingerprint density at radius 2 is 1.82 bits per heavy atom. The number of hydrogen-bond donors (Lipinski definition) is 0. The minimum absolute atomic E-state index is 0.0657. The molecule has 0 aliphatic carbocycles. The number of piperidine rings is 1. The maximum Gasteiger partial charge on any atom is 0.256 e. The SMILES string of the molecule is N#CCn1ccc2cccc(C(=O)N3CC[C@H](CN4CCC(c5ccc(F)cc5)CC4)C3)c21. The number of hydrogen-bond acceptors (Lipinski definition) is 3. The number of rotatable bonds is 5. The fraction of sp³-hybridized carbons (Fsp3) is 0.407. The second-order valence-electron chi connectivity index (χ2n) is 9.38. The number of benzene rings is 2. The third-order valence-electron chi connectivity index (χ3n) is 7.28. The van der Waals surface area contributed by atoms with Crippen molar-refractivity contribution in [1.82, 2.24) is 14.4 Å². The average molecular weight is 445 g/mol. The minimum Gasteiger partial charge on any atom is -0.338 e. The molecule has 33 heavy (non-hydrogen) atoms. The lowest BCUT2D eigenvalue weighted by atomic mass is 9.89. The summed E-state index contributed by atoms with van der Waals surface area (Å²) in [6.07, 6.45) is 5.10. The van der Waals surface area contributed by atoms with Crippen molar-refractivity contribution in [3.8, 4) is 6.07 Å². The first-order valence-electron chi connectivity index (χ1n) is 11.8. The zero-order valence-electron chi connectivity index (χ0n) is 18.8. The lowest BCUT2D eigenvalue weighted by Gasteiger charge is -2.33. The maximum atomic E-state index is 13.4. The van der Waals surface area contributed by atoms with Crippen LogP contribution in [0.15, 0.2) is 54.7 Å². The monoisotopic (exact) mass is 444 g/mol. The Hall–Kier alpha value is -3.17. The van der Waals surface area contributed by atoms with Crippen LogP contribution < -0.4 is 0 Å². The molecule has 5 nitrogen and oxygen atoms in total. The van der Waals surface area contributed by atoms with E-state index in [1.165, 1.54) is 5.56 Å². The molecule has 2 fully saturated rings. The van der Waals surface area contributed by atoms with Gasteiger partial charge in [0.1, 0.15) is 12.4 Å². The van der Waals surface area contributed by atoms with Gasteiger partial charge >= 0.3 is 0 Å². The summed E-state index contributed by atoms with van der Waals surface area (Å²) in [5.41, 5.74) is 2.79. The largest absolute Gasteiger partial charge is 0.338 e. The Bertz CT molecular complexity index is 1170. The summed E-state index contributed by atoms with van der Waals surface area (Å²) in [7, 11) is 0. The molecule has 0 bridgehead atoms. The fourth-order valence-corrected chi connectivity index (χ4v) is 5.53. The van der Waals surface area contributed by atoms with E-state index in [0.29, 0.717) is 17.4 Å². The summed E-state index contributed by atoms with van der Waals surface area (Å²) in [5, 5.41) is 10.1. The van der Waals surface area contributed by atoms with Crippen LogP contribution in [0, 0.1) is 23.1 Å². The number of para-hydroxylation sites is 1. The highest BCUT2D eigenvalue weighted by Crippen LogP contribution is 2.30. The van der Waals surface area contributed by atoms with Crippen molar-refractivity contribution in [2.24, 2.45) is 5.92 Å². The first kappa shape index (κ1) is 21.7. The number of aromatic nitrogens is 1. The molecule has 0 N–H and O–H groups in total. The molecule has 3 aromatic rings. The molecule has 0 saturated carbocycles. The molecule has 2 aromatic carbocycles. The van der Waals surface area contributed by atoms with Gasteiger partial charge in [0.05, 0.1) is 17.1 Å². The molecule has 2 saturated heterocycles. The number of amides is 1. The van der Waals surface area contributed by atoms with Gasteiger partial charge in [-0.3, -0.25) is 4.79 Å². The van der Waals surface area contributed by atoms with Gasteiger partial charge in [-0.15, -0.1) is 0 Å². The van der Waals surface area contributed by atoms with Crippen molar-refractivity contribution in [2.75, 3.05) is 32.7 Å². The zero-order chi connectivity index (χ0) is 22.8. The van der Waals surface area contributed by atoms with Gasteiger partial charge in [-0.05, 0) is 74.0 Å². The van der Waals surface area contributed by atoms with Crippen LogP contribution in [-0.4, -0.2) is 53.0 Å². The summed E-state index contributed by atoms with van der Waals surface area (Å²) in [5.74, 6) is 0.886. The minimum atomic E-state index is -0.175. The van der Waals surface area contributed by atoms with Crippen molar-refractivity contribution in [2.45, 2.75) is 31.7 Å². The van der Waals surface area contributed by atoms with Gasteiger partial charge in [0.15, 0.2) is 0 Å². The molecule has 6 heteroatoms. The summed E-state index contributed by atoms with van der Waals surface area (Å²) in [4.78, 5) is 17.9. The van der Waals surface area contributed by atoms with Crippen LogP contribution in [-0.2, 0) is 6.54 Å². The third kappa shape index (κ3) is 4.51. The molecule has 1 atom stereocenters. The number of nitrogens with zero attached hydrogens (tertiary/aromatic N) is 4. The second kappa shape index (κ2) is 9.36. The van der Waals surface area contributed by atoms with E-state index in [1.54, 1.807) is 12.1 Å². The van der Waals surface area contributed by atoms with Gasteiger partial charge in [0.25, 0.3) is 5.91 Å². The van der Waals surface area contributed by atoms with E-state index in [-0.39, 0.29) is 18.3 Å². The van der Waals surface area contributed by atoms with Crippen molar-refractivity contribution >= 4 is 16.8 Å². The molecule has 2 aliphatic rings. The fourth-order valence-electron chi connectivity index (χ4n) is 5.53. The first-order valence-corrected chi connectivity index (χ1v) is 11.8. The maximum absolute atomic E-state index is 13.4. The molecule has 2 aliphatic heterocycles. The Balaban J connectivity index is 1.18. The number of likely N-dealkylation sites (tertiary alicyclic amines) is 2. The highest BCUT2D eigenvalue weighted by Gasteiger charge is 2.30. The summed E-state index contributed by atoms with van der Waals surface area (Å²) in [6.45, 7) is 4.93. The lowest BCUT2D eigenvalue weighted by molar-refractivity contribution is 0.0783. The van der Waals surface area contributed by atoms with Crippen LogP contribution in [0.25, 0.3) is 10.9 Å². The van der Waals surface area contributed by atoms with Crippen molar-refractivity contribution in [1.29, 1.82) is 5.26 Å². The molecule has 1 aromatic heterocycles. The van der Waals surface area contributed by atoms with Gasteiger partial charge < -0.3 is 14.4 Å². The standard InChI is InChI=1S/C27H29FN4O/c28-24-6-4-21(5-7-24)22-9-13-30(14-10-22)18-20-8-15-32(19-20)27(33)25-3-1-2-23-11-16-31(17-12-29)26(23)25/h1-7,11,16,20,22H,8-10,13-15,17-19H2/t20-/m1/s1. The third-order valence-corrected chi connectivity index (χ3v) is 7.28. The molecule has 170 valence electrons. The molecule has 0 radical (unpaired) electrons. The average Bonchev–Trinajstić information content (AvgIpc) is 3.47. The van der Waals surface area contributed by atoms with Gasteiger partial charge in [0.2, 0.25) is 0 Å². The van der Waals surface area contributed by atoms with Crippen LogP contribution in [0.1, 0.15) is 41.1 Å². The zero-order valence-corrected chi connectivity index (χ0v) is 18.8. The Kier molecular flexibility index (Phi) is 6.15. The van der Waals surface area contributed by atoms with Crippen LogP contribution in [0.4, 0.5) is 4.39 Å².